The maximum Gasteiger partial charge on any atom is 0.0720 e. The predicted molar refractivity (Wildman–Crippen MR) is 47.6 cm³/mol. The molecule has 0 bridgehead atoms. The van der Waals surface area contributed by atoms with Crippen LogP contribution in [0.1, 0.15) is 32.1 Å². The third-order valence-corrected chi connectivity index (χ3v) is 2.78. The Balaban J connectivity index is 2.29. The van der Waals surface area contributed by atoms with E-state index >= 15 is 0 Å². The van der Waals surface area contributed by atoms with Crippen LogP contribution < -0.4 is 5.73 Å². The molecule has 1 aliphatic carbocycles. The molecule has 0 heterocycles. The second kappa shape index (κ2) is 4.80. The van der Waals surface area contributed by atoms with E-state index in [1.54, 1.807) is 0 Å². The summed E-state index contributed by atoms with van der Waals surface area (Å²) in [4.78, 5) is 0. The average Bonchev–Trinajstić information content (AvgIpc) is 2.55. The van der Waals surface area contributed by atoms with Gasteiger partial charge in [-0.15, -0.1) is 0 Å². The molecule has 2 unspecified atom stereocenters. The van der Waals surface area contributed by atoms with E-state index in [1.165, 1.54) is 12.8 Å². The highest BCUT2D eigenvalue weighted by molar-refractivity contribution is 4.81. The third-order valence-electron chi connectivity index (χ3n) is 2.78. The fourth-order valence-corrected chi connectivity index (χ4v) is 1.97. The monoisotopic (exact) mass is 173 g/mol. The molecule has 1 aliphatic rings. The van der Waals surface area contributed by atoms with Gasteiger partial charge in [-0.2, -0.15) is 0 Å². The number of nitrogens with two attached hydrogens (primary N) is 1. The molecule has 0 spiro atoms. The van der Waals surface area contributed by atoms with Gasteiger partial charge in [0.1, 0.15) is 0 Å². The summed E-state index contributed by atoms with van der Waals surface area (Å²) in [5, 5.41) is 18.3. The molecular formula is C9H19NO2. The second-order valence-corrected chi connectivity index (χ2v) is 3.71. The van der Waals surface area contributed by atoms with Crippen molar-refractivity contribution in [2.24, 2.45) is 11.7 Å². The van der Waals surface area contributed by atoms with E-state index in [0.29, 0.717) is 12.3 Å². The summed E-state index contributed by atoms with van der Waals surface area (Å²) in [5.41, 5.74) is 5.70. The van der Waals surface area contributed by atoms with Gasteiger partial charge in [0.25, 0.3) is 0 Å². The van der Waals surface area contributed by atoms with Gasteiger partial charge in [-0.25, -0.2) is 0 Å². The summed E-state index contributed by atoms with van der Waals surface area (Å²) in [6, 6.07) is -0.238. The highest BCUT2D eigenvalue weighted by Gasteiger charge is 2.27. The van der Waals surface area contributed by atoms with Crippen LogP contribution in [-0.4, -0.2) is 29.0 Å². The number of hydrogen-bond acceptors (Lipinski definition) is 3. The summed E-state index contributed by atoms with van der Waals surface area (Å²) >= 11 is 0. The van der Waals surface area contributed by atoms with E-state index in [9.17, 15) is 5.11 Å². The zero-order valence-electron chi connectivity index (χ0n) is 7.45. The Labute approximate surface area is 73.6 Å². The van der Waals surface area contributed by atoms with E-state index in [2.05, 4.69) is 0 Å². The van der Waals surface area contributed by atoms with Crippen LogP contribution in [0.3, 0.4) is 0 Å². The molecule has 1 rings (SSSR count). The number of hydrogen-bond donors (Lipinski definition) is 3. The lowest BCUT2D eigenvalue weighted by Crippen LogP contribution is -2.39. The van der Waals surface area contributed by atoms with E-state index < -0.39 is 6.10 Å². The van der Waals surface area contributed by atoms with Crippen LogP contribution in [0.2, 0.25) is 0 Å². The SMILES string of the molecule is NC(CCO)C(O)C1CCCC1. The van der Waals surface area contributed by atoms with E-state index in [4.69, 9.17) is 10.8 Å². The molecule has 0 amide bonds. The summed E-state index contributed by atoms with van der Waals surface area (Å²) in [7, 11) is 0. The average molecular weight is 173 g/mol. The van der Waals surface area contributed by atoms with Crippen molar-refractivity contribution in [3.05, 3.63) is 0 Å². The van der Waals surface area contributed by atoms with E-state index in [-0.39, 0.29) is 12.6 Å². The van der Waals surface area contributed by atoms with Crippen LogP contribution in [0, 0.1) is 5.92 Å². The van der Waals surface area contributed by atoms with Gasteiger partial charge in [0.15, 0.2) is 0 Å². The lowest BCUT2D eigenvalue weighted by molar-refractivity contribution is 0.0744. The highest BCUT2D eigenvalue weighted by atomic mass is 16.3. The minimum absolute atomic E-state index is 0.0744. The molecular weight excluding hydrogens is 154 g/mol. The molecule has 4 N–H and O–H groups in total. The van der Waals surface area contributed by atoms with Gasteiger partial charge in [-0.05, 0) is 25.2 Å². The highest BCUT2D eigenvalue weighted by Crippen LogP contribution is 2.28. The van der Waals surface area contributed by atoms with Crippen molar-refractivity contribution in [3.63, 3.8) is 0 Å². The standard InChI is InChI=1S/C9H19NO2/c10-8(5-6-11)9(12)7-3-1-2-4-7/h7-9,11-12H,1-6,10H2. The van der Waals surface area contributed by atoms with Gasteiger partial charge >= 0.3 is 0 Å². The van der Waals surface area contributed by atoms with Crippen LogP contribution in [0.15, 0.2) is 0 Å². The van der Waals surface area contributed by atoms with Crippen molar-refractivity contribution in [1.82, 2.24) is 0 Å². The molecule has 2 atom stereocenters. The van der Waals surface area contributed by atoms with Gasteiger partial charge in [-0.3, -0.25) is 0 Å². The molecule has 3 nitrogen and oxygen atoms in total. The van der Waals surface area contributed by atoms with E-state index in [0.717, 1.165) is 12.8 Å². The third kappa shape index (κ3) is 2.44. The smallest absolute Gasteiger partial charge is 0.0720 e. The molecule has 12 heavy (non-hydrogen) atoms. The van der Waals surface area contributed by atoms with Gasteiger partial charge in [0, 0.05) is 12.6 Å². The molecule has 0 aliphatic heterocycles. The van der Waals surface area contributed by atoms with Crippen LogP contribution in [-0.2, 0) is 0 Å². The van der Waals surface area contributed by atoms with Crippen molar-refractivity contribution in [1.29, 1.82) is 0 Å². The number of aliphatic hydroxyl groups is 2. The Kier molecular flexibility index (Phi) is 3.98. The first kappa shape index (κ1) is 9.96. The molecule has 0 aromatic rings. The Morgan fingerprint density at radius 1 is 1.33 bits per heavy atom. The van der Waals surface area contributed by atoms with Gasteiger partial charge in [-0.1, -0.05) is 12.8 Å². The molecule has 1 saturated carbocycles. The van der Waals surface area contributed by atoms with Crippen LogP contribution in [0.25, 0.3) is 0 Å². The Bertz CT molecular complexity index is 124. The molecule has 3 heteroatoms. The van der Waals surface area contributed by atoms with Crippen molar-refractivity contribution < 1.29 is 10.2 Å². The number of rotatable bonds is 4. The minimum Gasteiger partial charge on any atom is -0.396 e. The first-order valence-corrected chi connectivity index (χ1v) is 4.80. The fourth-order valence-electron chi connectivity index (χ4n) is 1.97. The number of aliphatic hydroxyl groups excluding tert-OH is 2. The van der Waals surface area contributed by atoms with Crippen molar-refractivity contribution in [3.8, 4) is 0 Å². The first-order chi connectivity index (χ1) is 5.75. The Morgan fingerprint density at radius 3 is 2.42 bits per heavy atom. The summed E-state index contributed by atoms with van der Waals surface area (Å²) in [6.07, 6.45) is 4.74. The first-order valence-electron chi connectivity index (χ1n) is 4.80. The summed E-state index contributed by atoms with van der Waals surface area (Å²) < 4.78 is 0. The van der Waals surface area contributed by atoms with Crippen LogP contribution in [0.4, 0.5) is 0 Å². The van der Waals surface area contributed by atoms with Gasteiger partial charge in [0.05, 0.1) is 6.10 Å². The molecule has 0 aromatic heterocycles. The lowest BCUT2D eigenvalue weighted by Gasteiger charge is -2.23. The zero-order valence-corrected chi connectivity index (χ0v) is 7.45. The fraction of sp³-hybridized carbons (Fsp3) is 1.00. The van der Waals surface area contributed by atoms with Crippen molar-refractivity contribution in [2.45, 2.75) is 44.2 Å². The van der Waals surface area contributed by atoms with Gasteiger partial charge in [0.2, 0.25) is 0 Å². The summed E-state index contributed by atoms with van der Waals surface area (Å²) in [5.74, 6) is 0.381. The summed E-state index contributed by atoms with van der Waals surface area (Å²) in [6.45, 7) is 0.0744. The van der Waals surface area contributed by atoms with Gasteiger partial charge < -0.3 is 15.9 Å². The molecule has 0 saturated heterocycles. The maximum atomic E-state index is 9.71. The molecule has 72 valence electrons. The van der Waals surface area contributed by atoms with Crippen molar-refractivity contribution >= 4 is 0 Å². The van der Waals surface area contributed by atoms with Crippen LogP contribution in [0.5, 0.6) is 0 Å². The maximum absolute atomic E-state index is 9.71. The lowest BCUT2D eigenvalue weighted by atomic mass is 9.94. The quantitative estimate of drug-likeness (QED) is 0.571. The second-order valence-electron chi connectivity index (χ2n) is 3.71. The molecule has 0 aromatic carbocycles. The Morgan fingerprint density at radius 2 is 1.92 bits per heavy atom. The largest absolute Gasteiger partial charge is 0.396 e. The minimum atomic E-state index is -0.403. The molecule has 1 fully saturated rings. The molecule has 0 radical (unpaired) electrons. The topological polar surface area (TPSA) is 66.5 Å². The zero-order chi connectivity index (χ0) is 8.97. The van der Waals surface area contributed by atoms with Crippen LogP contribution >= 0.6 is 0 Å². The predicted octanol–water partition coefficient (Wildman–Crippen LogP) is 0.247. The van der Waals surface area contributed by atoms with Crippen molar-refractivity contribution in [2.75, 3.05) is 6.61 Å². The van der Waals surface area contributed by atoms with E-state index in [1.807, 2.05) is 0 Å². The normalized spacial score (nSPS) is 24.2. The Hall–Kier alpha value is -0.120.